The van der Waals surface area contributed by atoms with Crippen LogP contribution in [0, 0.1) is 6.92 Å². The lowest BCUT2D eigenvalue weighted by Gasteiger charge is -2.14. The Balaban J connectivity index is 1.55. The van der Waals surface area contributed by atoms with Gasteiger partial charge in [-0.25, -0.2) is 10.4 Å². The van der Waals surface area contributed by atoms with Gasteiger partial charge in [0, 0.05) is 13.0 Å². The fraction of sp³-hybridized carbons (Fsp3) is 0.286. The van der Waals surface area contributed by atoms with Gasteiger partial charge < -0.3 is 4.52 Å². The van der Waals surface area contributed by atoms with Gasteiger partial charge in [0.1, 0.15) is 0 Å². The third-order valence-electron chi connectivity index (χ3n) is 3.20. The maximum atomic E-state index is 12.1. The van der Waals surface area contributed by atoms with Crippen LogP contribution in [0.1, 0.15) is 38.9 Å². The molecule has 1 aromatic heterocycles. The summed E-state index contributed by atoms with van der Waals surface area (Å²) in [6, 6.07) is 6.79. The summed E-state index contributed by atoms with van der Waals surface area (Å²) in [5, 5.41) is 4.76. The van der Waals surface area contributed by atoms with Crippen molar-refractivity contribution in [3.63, 3.8) is 0 Å². The van der Waals surface area contributed by atoms with Crippen LogP contribution < -0.4 is 5.43 Å². The second-order valence-corrected chi connectivity index (χ2v) is 4.74. The Labute approximate surface area is 120 Å². The fourth-order valence-electron chi connectivity index (χ4n) is 2.20. The van der Waals surface area contributed by atoms with Gasteiger partial charge in [-0.15, -0.1) is 0 Å². The first kappa shape index (κ1) is 13.4. The average molecular weight is 286 g/mol. The molecule has 7 nitrogen and oxygen atoms in total. The van der Waals surface area contributed by atoms with E-state index in [4.69, 9.17) is 4.52 Å². The van der Waals surface area contributed by atoms with Crippen LogP contribution in [0.3, 0.4) is 0 Å². The largest absolute Gasteiger partial charge is 0.339 e. The Bertz CT molecular complexity index is 660. The smallest absolute Gasteiger partial charge is 0.276 e. The molecule has 0 unspecified atom stereocenters. The number of imide groups is 1. The number of aryl methyl sites for hydroxylation is 2. The number of carbonyl (C=O) groups excluding carboxylic acids is 2. The number of hydrogen-bond acceptors (Lipinski definition) is 6. The van der Waals surface area contributed by atoms with E-state index >= 15 is 0 Å². The lowest BCUT2D eigenvalue weighted by Crippen LogP contribution is -2.42. The quantitative estimate of drug-likeness (QED) is 0.654. The molecular weight excluding hydrogens is 272 g/mol. The number of hydrazine groups is 1. The number of amides is 2. The molecule has 0 spiro atoms. The van der Waals surface area contributed by atoms with Gasteiger partial charge in [0.25, 0.3) is 11.8 Å². The van der Waals surface area contributed by atoms with E-state index in [-0.39, 0.29) is 11.8 Å². The average Bonchev–Trinajstić information content (AvgIpc) is 3.00. The summed E-state index contributed by atoms with van der Waals surface area (Å²) in [7, 11) is 0. The monoisotopic (exact) mass is 286 g/mol. The molecule has 7 heteroatoms. The molecule has 2 amide bonds. The van der Waals surface area contributed by atoms with E-state index < -0.39 is 0 Å². The Hall–Kier alpha value is -2.54. The van der Waals surface area contributed by atoms with E-state index in [1.807, 2.05) is 0 Å². The van der Waals surface area contributed by atoms with Crippen molar-refractivity contribution in [1.82, 2.24) is 20.6 Å². The van der Waals surface area contributed by atoms with E-state index in [1.54, 1.807) is 31.2 Å². The van der Waals surface area contributed by atoms with Gasteiger partial charge in [0.05, 0.1) is 11.1 Å². The van der Waals surface area contributed by atoms with Gasteiger partial charge in [-0.05, 0) is 25.5 Å². The third kappa shape index (κ3) is 2.55. The van der Waals surface area contributed by atoms with Crippen molar-refractivity contribution < 1.29 is 14.1 Å². The van der Waals surface area contributed by atoms with Crippen molar-refractivity contribution in [2.45, 2.75) is 19.8 Å². The van der Waals surface area contributed by atoms with Crippen LogP contribution in [0.2, 0.25) is 0 Å². The first-order valence-electron chi connectivity index (χ1n) is 6.67. The second kappa shape index (κ2) is 5.45. The van der Waals surface area contributed by atoms with Crippen molar-refractivity contribution in [1.29, 1.82) is 0 Å². The Kier molecular flexibility index (Phi) is 3.49. The fourth-order valence-corrected chi connectivity index (χ4v) is 2.20. The van der Waals surface area contributed by atoms with Crippen LogP contribution >= 0.6 is 0 Å². The minimum absolute atomic E-state index is 0.316. The maximum Gasteiger partial charge on any atom is 0.276 e. The van der Waals surface area contributed by atoms with E-state index in [1.165, 1.54) is 0 Å². The number of fused-ring (bicyclic) bond motifs is 1. The minimum atomic E-state index is -0.316. The molecule has 1 aliphatic heterocycles. The van der Waals surface area contributed by atoms with Crippen LogP contribution in [0.15, 0.2) is 28.8 Å². The zero-order valence-corrected chi connectivity index (χ0v) is 11.5. The second-order valence-electron chi connectivity index (χ2n) is 4.74. The number of benzene rings is 1. The number of nitrogens with one attached hydrogen (secondary N) is 1. The molecule has 21 heavy (non-hydrogen) atoms. The first-order valence-corrected chi connectivity index (χ1v) is 6.67. The van der Waals surface area contributed by atoms with E-state index in [0.717, 1.165) is 5.01 Å². The van der Waals surface area contributed by atoms with Crippen LogP contribution in [0.5, 0.6) is 0 Å². The standard InChI is InChI=1S/C14H14N4O3/c1-9-16-12(21-17-9)7-4-8-15-18-13(19)10-5-2-3-6-11(10)14(18)20/h2-3,5-6,15H,4,7-8H2,1H3. The number of nitrogens with zero attached hydrogens (tertiary/aromatic N) is 3. The predicted octanol–water partition coefficient (Wildman–Crippen LogP) is 1.11. The molecule has 1 N–H and O–H groups in total. The molecule has 2 heterocycles. The molecule has 1 aromatic carbocycles. The van der Waals surface area contributed by atoms with Gasteiger partial charge in [-0.3, -0.25) is 9.59 Å². The summed E-state index contributed by atoms with van der Waals surface area (Å²) in [6.07, 6.45) is 1.27. The highest BCUT2D eigenvalue weighted by Gasteiger charge is 2.34. The highest BCUT2D eigenvalue weighted by atomic mass is 16.5. The molecule has 0 fully saturated rings. The number of carbonyl (C=O) groups is 2. The van der Waals surface area contributed by atoms with E-state index in [2.05, 4.69) is 15.6 Å². The first-order chi connectivity index (χ1) is 10.2. The SMILES string of the molecule is Cc1noc(CCCNN2C(=O)c3ccccc3C2=O)n1. The van der Waals surface area contributed by atoms with E-state index in [9.17, 15) is 9.59 Å². The van der Waals surface area contributed by atoms with Gasteiger partial charge >= 0.3 is 0 Å². The van der Waals surface area contributed by atoms with Crippen molar-refractivity contribution in [2.75, 3.05) is 6.54 Å². The molecule has 0 saturated carbocycles. The van der Waals surface area contributed by atoms with Gasteiger partial charge in [0.2, 0.25) is 5.89 Å². The van der Waals surface area contributed by atoms with E-state index in [0.29, 0.717) is 42.2 Å². The van der Waals surface area contributed by atoms with Crippen molar-refractivity contribution in [3.05, 3.63) is 47.1 Å². The van der Waals surface area contributed by atoms with Crippen molar-refractivity contribution in [3.8, 4) is 0 Å². The normalized spacial score (nSPS) is 13.9. The summed E-state index contributed by atoms with van der Waals surface area (Å²) < 4.78 is 4.99. The molecule has 0 aliphatic carbocycles. The summed E-state index contributed by atoms with van der Waals surface area (Å²) in [5.41, 5.74) is 3.72. The molecule has 0 saturated heterocycles. The number of hydrogen-bond donors (Lipinski definition) is 1. The molecule has 1 aliphatic rings. The molecule has 0 atom stereocenters. The third-order valence-corrected chi connectivity index (χ3v) is 3.20. The lowest BCUT2D eigenvalue weighted by atomic mass is 10.1. The molecule has 3 rings (SSSR count). The van der Waals surface area contributed by atoms with Crippen LogP contribution in [0.4, 0.5) is 0 Å². The highest BCUT2D eigenvalue weighted by Crippen LogP contribution is 2.20. The van der Waals surface area contributed by atoms with Crippen LogP contribution in [-0.4, -0.2) is 33.5 Å². The Morgan fingerprint density at radius 3 is 2.43 bits per heavy atom. The minimum Gasteiger partial charge on any atom is -0.339 e. The predicted molar refractivity (Wildman–Crippen MR) is 72.3 cm³/mol. The lowest BCUT2D eigenvalue weighted by molar-refractivity contribution is 0.0566. The van der Waals surface area contributed by atoms with Gasteiger partial charge in [-0.2, -0.15) is 4.98 Å². The molecular formula is C14H14N4O3. The van der Waals surface area contributed by atoms with Gasteiger partial charge in [0.15, 0.2) is 5.82 Å². The molecule has 108 valence electrons. The Morgan fingerprint density at radius 2 is 1.86 bits per heavy atom. The Morgan fingerprint density at radius 1 is 1.19 bits per heavy atom. The highest BCUT2D eigenvalue weighted by molar-refractivity contribution is 6.20. The molecule has 0 radical (unpaired) electrons. The zero-order chi connectivity index (χ0) is 14.8. The van der Waals surface area contributed by atoms with Crippen molar-refractivity contribution >= 4 is 11.8 Å². The summed E-state index contributed by atoms with van der Waals surface area (Å²) in [4.78, 5) is 28.2. The summed E-state index contributed by atoms with van der Waals surface area (Å²) in [5.74, 6) is 0.517. The topological polar surface area (TPSA) is 88.3 Å². The summed E-state index contributed by atoms with van der Waals surface area (Å²) >= 11 is 0. The van der Waals surface area contributed by atoms with Crippen molar-refractivity contribution in [2.24, 2.45) is 0 Å². The molecule has 0 bridgehead atoms. The molecule has 2 aromatic rings. The van der Waals surface area contributed by atoms with Crippen LogP contribution in [-0.2, 0) is 6.42 Å². The zero-order valence-electron chi connectivity index (χ0n) is 11.5. The maximum absolute atomic E-state index is 12.1. The summed E-state index contributed by atoms with van der Waals surface area (Å²) in [6.45, 7) is 2.22. The number of rotatable bonds is 5. The van der Waals surface area contributed by atoms with Crippen LogP contribution in [0.25, 0.3) is 0 Å². The number of aromatic nitrogens is 2. The van der Waals surface area contributed by atoms with Gasteiger partial charge in [-0.1, -0.05) is 17.3 Å².